The summed E-state index contributed by atoms with van der Waals surface area (Å²) in [6.45, 7) is -2.89. The van der Waals surface area contributed by atoms with Gasteiger partial charge in [-0.25, -0.2) is 4.79 Å². The molecule has 0 aliphatic heterocycles. The molecule has 192 valence electrons. The third-order valence-corrected chi connectivity index (χ3v) is 8.05. The number of thiophene rings is 1. The highest BCUT2D eigenvalue weighted by molar-refractivity contribution is 7.99. The number of fused-ring (bicyclic) bond motifs is 1. The molecule has 2 aromatic heterocycles. The Labute approximate surface area is 215 Å². The molecule has 3 aromatic rings. The summed E-state index contributed by atoms with van der Waals surface area (Å²) in [5, 5.41) is 12.3. The smallest absolute Gasteiger partial charge is 0.387 e. The molecule has 1 aliphatic rings. The van der Waals surface area contributed by atoms with Crippen molar-refractivity contribution in [3.05, 3.63) is 40.3 Å². The topological polar surface area (TPSA) is 95.3 Å². The van der Waals surface area contributed by atoms with Crippen molar-refractivity contribution in [3.8, 4) is 17.1 Å². The molecule has 36 heavy (non-hydrogen) atoms. The highest BCUT2D eigenvalue weighted by atomic mass is 32.2. The van der Waals surface area contributed by atoms with Crippen LogP contribution in [0.3, 0.4) is 0 Å². The zero-order valence-electron chi connectivity index (χ0n) is 19.9. The zero-order valence-corrected chi connectivity index (χ0v) is 21.5. The number of nitrogens with zero attached hydrogens (tertiary/aromatic N) is 3. The van der Waals surface area contributed by atoms with Gasteiger partial charge in [-0.05, 0) is 55.5 Å². The first kappa shape index (κ1) is 26.1. The number of nitrogens with one attached hydrogen (secondary N) is 1. The predicted molar refractivity (Wildman–Crippen MR) is 134 cm³/mol. The van der Waals surface area contributed by atoms with E-state index >= 15 is 0 Å². The van der Waals surface area contributed by atoms with Crippen molar-refractivity contribution in [2.75, 3.05) is 18.2 Å². The van der Waals surface area contributed by atoms with Crippen LogP contribution >= 0.6 is 23.1 Å². The van der Waals surface area contributed by atoms with Crippen molar-refractivity contribution in [2.24, 2.45) is 7.05 Å². The van der Waals surface area contributed by atoms with Gasteiger partial charge < -0.3 is 19.4 Å². The van der Waals surface area contributed by atoms with Crippen molar-refractivity contribution in [1.29, 1.82) is 0 Å². The fourth-order valence-corrected chi connectivity index (χ4v) is 6.10. The maximum atomic E-state index is 12.8. The normalized spacial score (nSPS) is 13.6. The second-order valence-electron chi connectivity index (χ2n) is 8.22. The Kier molecular flexibility index (Phi) is 8.57. The van der Waals surface area contributed by atoms with Crippen LogP contribution in [0.4, 0.5) is 13.8 Å². The molecule has 0 bridgehead atoms. The Hall–Kier alpha value is -2.99. The Morgan fingerprint density at radius 2 is 1.86 bits per heavy atom. The van der Waals surface area contributed by atoms with E-state index in [9.17, 15) is 18.4 Å². The van der Waals surface area contributed by atoms with Crippen LogP contribution in [0.5, 0.6) is 5.75 Å². The molecule has 8 nitrogen and oxygen atoms in total. The molecule has 0 unspecified atom stereocenters. The van der Waals surface area contributed by atoms with Crippen LogP contribution in [0, 0.1) is 0 Å². The molecule has 0 fully saturated rings. The van der Waals surface area contributed by atoms with E-state index in [1.165, 1.54) is 42.3 Å². The lowest BCUT2D eigenvalue weighted by Crippen LogP contribution is -2.16. The lowest BCUT2D eigenvalue weighted by molar-refractivity contribution is -0.113. The molecule has 1 aromatic carbocycles. The van der Waals surface area contributed by atoms with Crippen LogP contribution in [0.15, 0.2) is 29.4 Å². The molecule has 4 rings (SSSR count). The van der Waals surface area contributed by atoms with Crippen LogP contribution in [0.1, 0.15) is 46.5 Å². The zero-order chi connectivity index (χ0) is 25.7. The number of carbonyl (C=O) groups is 2. The summed E-state index contributed by atoms with van der Waals surface area (Å²) >= 11 is 2.66. The quantitative estimate of drug-likeness (QED) is 0.307. The summed E-state index contributed by atoms with van der Waals surface area (Å²) in [6.07, 6.45) is 6.06. The van der Waals surface area contributed by atoms with E-state index in [0.717, 1.165) is 49.0 Å². The average Bonchev–Trinajstić information content (AvgIpc) is 3.36. The van der Waals surface area contributed by atoms with Gasteiger partial charge in [0.15, 0.2) is 11.0 Å². The third kappa shape index (κ3) is 6.04. The van der Waals surface area contributed by atoms with Gasteiger partial charge in [0.05, 0.1) is 18.4 Å². The van der Waals surface area contributed by atoms with Crippen molar-refractivity contribution in [3.63, 3.8) is 0 Å². The Bertz CT molecular complexity index is 1230. The van der Waals surface area contributed by atoms with Crippen LogP contribution in [0.25, 0.3) is 11.4 Å². The predicted octanol–water partition coefficient (Wildman–Crippen LogP) is 5.32. The molecule has 1 N–H and O–H groups in total. The number of carbonyl (C=O) groups excluding carboxylic acids is 2. The molecule has 2 heterocycles. The molecular formula is C24H26F2N4O4S2. The van der Waals surface area contributed by atoms with Crippen molar-refractivity contribution >= 4 is 40.0 Å². The van der Waals surface area contributed by atoms with Crippen LogP contribution < -0.4 is 10.1 Å². The number of ether oxygens (including phenoxy) is 2. The number of hydrogen-bond acceptors (Lipinski definition) is 8. The summed E-state index contributed by atoms with van der Waals surface area (Å²) in [5.74, 6) is -0.0602. The van der Waals surface area contributed by atoms with Gasteiger partial charge in [0.25, 0.3) is 0 Å². The van der Waals surface area contributed by atoms with E-state index < -0.39 is 12.6 Å². The number of rotatable bonds is 8. The average molecular weight is 537 g/mol. The SMILES string of the molecule is COC(=O)c1c(NC(=O)CSc2nnc(-c3ccc(OC(F)F)cc3)n2C)sc2c1CCCCCC2. The first-order chi connectivity index (χ1) is 17.4. The maximum absolute atomic E-state index is 12.8. The molecule has 0 spiro atoms. The first-order valence-electron chi connectivity index (χ1n) is 11.5. The molecule has 1 amide bonds. The minimum atomic E-state index is -2.89. The number of anilines is 1. The number of esters is 1. The van der Waals surface area contributed by atoms with E-state index in [4.69, 9.17) is 4.74 Å². The molecule has 1 aliphatic carbocycles. The second kappa shape index (κ2) is 11.8. The minimum Gasteiger partial charge on any atom is -0.465 e. The minimum absolute atomic E-state index is 0.0509. The van der Waals surface area contributed by atoms with Gasteiger partial charge in [-0.3, -0.25) is 4.79 Å². The van der Waals surface area contributed by atoms with Crippen molar-refractivity contribution < 1.29 is 27.8 Å². The van der Waals surface area contributed by atoms with Crippen LogP contribution in [-0.4, -0.2) is 46.1 Å². The highest BCUT2D eigenvalue weighted by Crippen LogP contribution is 2.37. The van der Waals surface area contributed by atoms with Crippen LogP contribution in [0.2, 0.25) is 0 Å². The van der Waals surface area contributed by atoms with E-state index in [0.29, 0.717) is 27.1 Å². The summed E-state index contributed by atoms with van der Waals surface area (Å²) in [6, 6.07) is 6.08. The van der Waals surface area contributed by atoms with Gasteiger partial charge in [0, 0.05) is 17.5 Å². The fourth-order valence-electron chi connectivity index (χ4n) is 4.10. The molecular weight excluding hydrogens is 510 g/mol. The summed E-state index contributed by atoms with van der Waals surface area (Å²) in [4.78, 5) is 26.5. The van der Waals surface area contributed by atoms with E-state index in [-0.39, 0.29) is 17.4 Å². The maximum Gasteiger partial charge on any atom is 0.387 e. The number of aromatic nitrogens is 3. The lowest BCUT2D eigenvalue weighted by atomic mass is 9.96. The Balaban J connectivity index is 1.43. The van der Waals surface area contributed by atoms with Gasteiger partial charge in [0.1, 0.15) is 10.8 Å². The Morgan fingerprint density at radius 1 is 1.14 bits per heavy atom. The van der Waals surface area contributed by atoms with E-state index in [1.807, 2.05) is 0 Å². The van der Waals surface area contributed by atoms with Gasteiger partial charge in [-0.15, -0.1) is 21.5 Å². The van der Waals surface area contributed by atoms with Gasteiger partial charge >= 0.3 is 12.6 Å². The van der Waals surface area contributed by atoms with Gasteiger partial charge in [-0.1, -0.05) is 24.6 Å². The number of amides is 1. The molecule has 0 saturated carbocycles. The summed E-state index contributed by atoms with van der Waals surface area (Å²) in [5.41, 5.74) is 2.14. The third-order valence-electron chi connectivity index (χ3n) is 5.82. The monoisotopic (exact) mass is 536 g/mol. The fraction of sp³-hybridized carbons (Fsp3) is 0.417. The Morgan fingerprint density at radius 3 is 2.56 bits per heavy atom. The standard InChI is InChI=1S/C24H26F2N4O4S2/c1-30-20(14-9-11-15(12-10-14)34-23(25)26)28-29-24(30)35-13-18(31)27-21-19(22(32)33-2)16-7-5-3-4-6-8-17(16)36-21/h9-12,23H,3-8,13H2,1-2H3,(H,27,31). The number of halogens is 2. The highest BCUT2D eigenvalue weighted by Gasteiger charge is 2.26. The van der Waals surface area contributed by atoms with E-state index in [2.05, 4.69) is 20.3 Å². The van der Waals surface area contributed by atoms with Gasteiger partial charge in [-0.2, -0.15) is 8.78 Å². The van der Waals surface area contributed by atoms with Crippen molar-refractivity contribution in [2.45, 2.75) is 50.3 Å². The molecule has 0 radical (unpaired) electrons. The van der Waals surface area contributed by atoms with E-state index in [1.54, 1.807) is 23.7 Å². The molecule has 0 saturated heterocycles. The lowest BCUT2D eigenvalue weighted by Gasteiger charge is -2.11. The summed E-state index contributed by atoms with van der Waals surface area (Å²) in [7, 11) is 3.11. The van der Waals surface area contributed by atoms with Crippen molar-refractivity contribution in [1.82, 2.24) is 14.8 Å². The molecule has 12 heteroatoms. The number of aryl methyl sites for hydroxylation is 1. The largest absolute Gasteiger partial charge is 0.465 e. The second-order valence-corrected chi connectivity index (χ2v) is 10.3. The first-order valence-corrected chi connectivity index (χ1v) is 13.3. The number of alkyl halides is 2. The summed E-state index contributed by atoms with van der Waals surface area (Å²) < 4.78 is 35.8. The number of thioether (sulfide) groups is 1. The van der Waals surface area contributed by atoms with Crippen LogP contribution in [-0.2, 0) is 29.4 Å². The molecule has 0 atom stereocenters. The number of methoxy groups -OCH3 is 1. The number of benzene rings is 1. The number of hydrogen-bond donors (Lipinski definition) is 1. The van der Waals surface area contributed by atoms with Gasteiger partial charge in [0.2, 0.25) is 5.91 Å².